The summed E-state index contributed by atoms with van der Waals surface area (Å²) in [7, 11) is -3.46. The third-order valence-corrected chi connectivity index (χ3v) is 6.30. The van der Waals surface area contributed by atoms with Crippen LogP contribution in [0.15, 0.2) is 46.9 Å². The van der Waals surface area contributed by atoms with Crippen molar-refractivity contribution in [1.82, 2.24) is 0 Å². The average Bonchev–Trinajstić information content (AvgIpc) is 2.42. The number of ketones is 1. The minimum atomic E-state index is -3.46. The van der Waals surface area contributed by atoms with E-state index in [1.807, 2.05) is 13.0 Å². The second-order valence-corrected chi connectivity index (χ2v) is 7.83. The van der Waals surface area contributed by atoms with Gasteiger partial charge in [0, 0.05) is 5.41 Å². The third kappa shape index (κ3) is 2.57. The van der Waals surface area contributed by atoms with Crippen LogP contribution in [0, 0.1) is 11.3 Å². The molecular weight excluding hydrogens is 272 g/mol. The van der Waals surface area contributed by atoms with Crippen LogP contribution in [0.5, 0.6) is 0 Å². The van der Waals surface area contributed by atoms with E-state index in [0.717, 1.165) is 6.42 Å². The van der Waals surface area contributed by atoms with E-state index in [-0.39, 0.29) is 22.3 Å². The van der Waals surface area contributed by atoms with Gasteiger partial charge < -0.3 is 0 Å². The summed E-state index contributed by atoms with van der Waals surface area (Å²) in [6.07, 6.45) is 2.66. The summed E-state index contributed by atoms with van der Waals surface area (Å²) in [5.74, 6) is -0.150. The van der Waals surface area contributed by atoms with Crippen molar-refractivity contribution in [1.29, 1.82) is 0 Å². The predicted molar refractivity (Wildman–Crippen MR) is 79.1 cm³/mol. The van der Waals surface area contributed by atoms with Gasteiger partial charge in [-0.2, -0.15) is 0 Å². The molecule has 0 amide bonds. The number of carbonyl (C=O) groups excluding carboxylic acids is 1. The summed E-state index contributed by atoms with van der Waals surface area (Å²) in [6.45, 7) is 5.49. The van der Waals surface area contributed by atoms with Crippen LogP contribution in [0.2, 0.25) is 0 Å². The molecule has 0 saturated carbocycles. The fourth-order valence-corrected chi connectivity index (χ4v) is 4.64. The zero-order valence-corrected chi connectivity index (χ0v) is 12.9. The highest BCUT2D eigenvalue weighted by molar-refractivity contribution is 7.91. The molecular formula is C16H20O3S. The van der Waals surface area contributed by atoms with Crippen molar-refractivity contribution in [3.63, 3.8) is 0 Å². The molecule has 0 N–H and O–H groups in total. The Kier molecular flexibility index (Phi) is 3.87. The minimum absolute atomic E-state index is 0.0252. The Morgan fingerprint density at radius 2 is 1.85 bits per heavy atom. The molecule has 1 aromatic rings. The summed E-state index contributed by atoms with van der Waals surface area (Å²) >= 11 is 0. The maximum Gasteiger partial charge on any atom is 0.179 e. The zero-order chi connectivity index (χ0) is 15.0. The fraction of sp³-hybridized carbons (Fsp3) is 0.438. The molecule has 0 radical (unpaired) electrons. The molecule has 0 aromatic heterocycles. The molecule has 1 aromatic carbocycles. The van der Waals surface area contributed by atoms with Crippen LogP contribution in [0.4, 0.5) is 0 Å². The number of carbonyl (C=O) groups is 1. The van der Waals surface area contributed by atoms with Gasteiger partial charge in [-0.1, -0.05) is 38.1 Å². The maximum absolute atomic E-state index is 12.5. The van der Waals surface area contributed by atoms with Gasteiger partial charge in [0.15, 0.2) is 15.6 Å². The Morgan fingerprint density at radius 1 is 1.25 bits per heavy atom. The lowest BCUT2D eigenvalue weighted by Gasteiger charge is -2.37. The molecule has 0 fully saturated rings. The summed E-state index contributed by atoms with van der Waals surface area (Å²) in [5, 5.41) is 0. The third-order valence-electron chi connectivity index (χ3n) is 4.33. The van der Waals surface area contributed by atoms with E-state index in [9.17, 15) is 13.2 Å². The lowest BCUT2D eigenvalue weighted by molar-refractivity contribution is -0.126. The van der Waals surface area contributed by atoms with Crippen LogP contribution >= 0.6 is 0 Å². The first-order valence-electron chi connectivity index (χ1n) is 6.77. The van der Waals surface area contributed by atoms with Crippen LogP contribution in [0.1, 0.15) is 27.2 Å². The van der Waals surface area contributed by atoms with E-state index in [4.69, 9.17) is 0 Å². The second kappa shape index (κ2) is 5.17. The largest absolute Gasteiger partial charge is 0.294 e. The lowest BCUT2D eigenvalue weighted by Crippen LogP contribution is -2.43. The topological polar surface area (TPSA) is 51.2 Å². The summed E-state index contributed by atoms with van der Waals surface area (Å²) in [6, 6.07) is 8.35. The van der Waals surface area contributed by atoms with Crippen LogP contribution in [-0.2, 0) is 14.6 Å². The average molecular weight is 292 g/mol. The Balaban J connectivity index is 2.38. The summed E-state index contributed by atoms with van der Waals surface area (Å²) < 4.78 is 25.1. The van der Waals surface area contributed by atoms with Crippen molar-refractivity contribution in [3.8, 4) is 0 Å². The van der Waals surface area contributed by atoms with Crippen LogP contribution in [0.25, 0.3) is 0 Å². The Labute approximate surface area is 120 Å². The Hall–Kier alpha value is -1.42. The molecule has 0 spiro atoms. The first kappa shape index (κ1) is 15.0. The molecule has 0 unspecified atom stereocenters. The van der Waals surface area contributed by atoms with Crippen molar-refractivity contribution < 1.29 is 13.2 Å². The van der Waals surface area contributed by atoms with Gasteiger partial charge in [0.2, 0.25) is 0 Å². The first-order valence-corrected chi connectivity index (χ1v) is 8.42. The fourth-order valence-electron chi connectivity index (χ4n) is 2.69. The van der Waals surface area contributed by atoms with Gasteiger partial charge in [-0.05, 0) is 37.0 Å². The smallest absolute Gasteiger partial charge is 0.179 e. The number of hydrogen-bond donors (Lipinski definition) is 0. The lowest BCUT2D eigenvalue weighted by atomic mass is 9.69. The van der Waals surface area contributed by atoms with E-state index in [1.165, 1.54) is 0 Å². The van der Waals surface area contributed by atoms with Gasteiger partial charge in [0.25, 0.3) is 0 Å². The molecule has 108 valence electrons. The number of rotatable bonds is 3. The second-order valence-electron chi connectivity index (χ2n) is 5.84. The molecule has 2 rings (SSSR count). The highest BCUT2D eigenvalue weighted by atomic mass is 32.2. The van der Waals surface area contributed by atoms with Crippen molar-refractivity contribution in [3.05, 3.63) is 42.0 Å². The number of sulfone groups is 1. The number of Topliss-reactive ketones (excluding diaryl/α,β-unsaturated/α-hetero) is 1. The quantitative estimate of drug-likeness (QED) is 0.860. The van der Waals surface area contributed by atoms with Crippen molar-refractivity contribution in [2.75, 3.05) is 5.75 Å². The Bertz CT molecular complexity index is 644. The molecule has 0 heterocycles. The van der Waals surface area contributed by atoms with Gasteiger partial charge in [-0.3, -0.25) is 4.79 Å². The van der Waals surface area contributed by atoms with E-state index in [1.54, 1.807) is 44.2 Å². The van der Waals surface area contributed by atoms with Gasteiger partial charge in [-0.25, -0.2) is 8.42 Å². The van der Waals surface area contributed by atoms with Crippen molar-refractivity contribution in [2.24, 2.45) is 11.3 Å². The van der Waals surface area contributed by atoms with Crippen LogP contribution in [0.3, 0.4) is 0 Å². The van der Waals surface area contributed by atoms with Gasteiger partial charge in [0.1, 0.15) is 0 Å². The highest BCUT2D eigenvalue weighted by Crippen LogP contribution is 2.39. The number of allylic oxidation sites excluding steroid dienone is 2. The van der Waals surface area contributed by atoms with Crippen molar-refractivity contribution in [2.45, 2.75) is 32.1 Å². The SMILES string of the molecule is CC1=CC[C@@H](C)[C@](C)(CS(=O)(=O)c2ccccc2)C1=O. The molecule has 4 heteroatoms. The normalized spacial score (nSPS) is 27.2. The molecule has 0 aliphatic heterocycles. The van der Waals surface area contributed by atoms with Gasteiger partial charge in [-0.15, -0.1) is 0 Å². The molecule has 1 aliphatic rings. The zero-order valence-electron chi connectivity index (χ0n) is 12.1. The molecule has 0 bridgehead atoms. The molecule has 1 aliphatic carbocycles. The van der Waals surface area contributed by atoms with Gasteiger partial charge in [0.05, 0.1) is 10.6 Å². The van der Waals surface area contributed by atoms with E-state index in [2.05, 4.69) is 0 Å². The van der Waals surface area contributed by atoms with Gasteiger partial charge >= 0.3 is 0 Å². The standard InChI is InChI=1S/C16H20O3S/c1-12-9-10-13(2)16(3,15(12)17)11-20(18,19)14-7-5-4-6-8-14/h4-9,13H,10-11H2,1-3H3/t13-,16+/m1/s1. The molecule has 3 nitrogen and oxygen atoms in total. The monoisotopic (exact) mass is 292 g/mol. The van der Waals surface area contributed by atoms with E-state index in [0.29, 0.717) is 5.57 Å². The molecule has 0 saturated heterocycles. The summed E-state index contributed by atoms with van der Waals surface area (Å²) in [5.41, 5.74) is -0.165. The number of hydrogen-bond acceptors (Lipinski definition) is 3. The molecule has 2 atom stereocenters. The first-order chi connectivity index (χ1) is 9.27. The van der Waals surface area contributed by atoms with E-state index >= 15 is 0 Å². The molecule has 20 heavy (non-hydrogen) atoms. The van der Waals surface area contributed by atoms with Crippen molar-refractivity contribution >= 4 is 15.6 Å². The highest BCUT2D eigenvalue weighted by Gasteiger charge is 2.44. The van der Waals surface area contributed by atoms with Crippen LogP contribution in [-0.4, -0.2) is 20.0 Å². The minimum Gasteiger partial charge on any atom is -0.294 e. The summed E-state index contributed by atoms with van der Waals surface area (Å²) in [4.78, 5) is 12.7. The maximum atomic E-state index is 12.5. The van der Waals surface area contributed by atoms with Crippen LogP contribution < -0.4 is 0 Å². The number of benzene rings is 1. The predicted octanol–water partition coefficient (Wildman–Crippen LogP) is 3.02. The Morgan fingerprint density at radius 3 is 2.45 bits per heavy atom. The van der Waals surface area contributed by atoms with E-state index < -0.39 is 15.3 Å².